The average Bonchev–Trinajstić information content (AvgIpc) is 3.31. The summed E-state index contributed by atoms with van der Waals surface area (Å²) >= 11 is 0. The van der Waals surface area contributed by atoms with Gasteiger partial charge in [-0.2, -0.15) is 4.98 Å². The van der Waals surface area contributed by atoms with Crippen molar-refractivity contribution >= 4 is 5.91 Å². The smallest absolute Gasteiger partial charge is 0.256 e. The van der Waals surface area contributed by atoms with Crippen LogP contribution in [0.25, 0.3) is 11.4 Å². The van der Waals surface area contributed by atoms with Crippen LogP contribution in [0, 0.1) is 13.8 Å². The number of pyridine rings is 1. The first-order valence-electron chi connectivity index (χ1n) is 8.77. The number of benzene rings is 1. The Hall–Kier alpha value is -3.02. The van der Waals surface area contributed by atoms with Gasteiger partial charge in [-0.3, -0.25) is 9.78 Å². The standard InChI is InChI=1S/C20H20N4O2/c1-13-11-14(2)21-12-16(13)20(25)24-10-6-9-17(24)19-22-18(23-26-19)15-7-4-3-5-8-15/h3-5,7-8,11-12,17H,6,9-10H2,1-2H3/t17-/m0/s1. The Morgan fingerprint density at radius 1 is 1.23 bits per heavy atom. The van der Waals surface area contributed by atoms with E-state index in [4.69, 9.17) is 4.52 Å². The number of nitrogens with zero attached hydrogens (tertiary/aromatic N) is 4. The van der Waals surface area contributed by atoms with Gasteiger partial charge in [0.1, 0.15) is 6.04 Å². The van der Waals surface area contributed by atoms with Crippen LogP contribution in [-0.2, 0) is 0 Å². The van der Waals surface area contributed by atoms with Crippen LogP contribution < -0.4 is 0 Å². The highest BCUT2D eigenvalue weighted by atomic mass is 16.5. The van der Waals surface area contributed by atoms with Crippen LogP contribution in [0.15, 0.2) is 47.1 Å². The van der Waals surface area contributed by atoms with Crippen molar-refractivity contribution in [3.8, 4) is 11.4 Å². The molecule has 1 amide bonds. The topological polar surface area (TPSA) is 72.1 Å². The number of aryl methyl sites for hydroxylation is 2. The Morgan fingerprint density at radius 2 is 2.04 bits per heavy atom. The largest absolute Gasteiger partial charge is 0.337 e. The third kappa shape index (κ3) is 2.98. The third-order valence-electron chi connectivity index (χ3n) is 4.75. The van der Waals surface area contributed by atoms with Crippen LogP contribution >= 0.6 is 0 Å². The highest BCUT2D eigenvalue weighted by Gasteiger charge is 2.35. The number of carbonyl (C=O) groups is 1. The van der Waals surface area contributed by atoms with E-state index in [0.29, 0.717) is 23.8 Å². The summed E-state index contributed by atoms with van der Waals surface area (Å²) in [6.45, 7) is 4.54. The maximum atomic E-state index is 13.0. The second kappa shape index (κ2) is 6.71. The average molecular weight is 348 g/mol. The third-order valence-corrected chi connectivity index (χ3v) is 4.75. The fourth-order valence-corrected chi connectivity index (χ4v) is 3.42. The molecule has 6 heteroatoms. The van der Waals surface area contributed by atoms with Crippen molar-refractivity contribution in [2.75, 3.05) is 6.54 Å². The van der Waals surface area contributed by atoms with E-state index in [-0.39, 0.29) is 11.9 Å². The van der Waals surface area contributed by atoms with Gasteiger partial charge in [-0.15, -0.1) is 0 Å². The summed E-state index contributed by atoms with van der Waals surface area (Å²) in [4.78, 5) is 23.7. The molecule has 1 aliphatic rings. The molecule has 6 nitrogen and oxygen atoms in total. The van der Waals surface area contributed by atoms with E-state index >= 15 is 0 Å². The summed E-state index contributed by atoms with van der Waals surface area (Å²) in [5.74, 6) is 1.01. The van der Waals surface area contributed by atoms with Crippen LogP contribution in [0.1, 0.15) is 46.4 Å². The predicted molar refractivity (Wildman–Crippen MR) is 96.5 cm³/mol. The molecule has 0 N–H and O–H groups in total. The van der Waals surface area contributed by atoms with E-state index < -0.39 is 0 Å². The molecule has 1 aromatic carbocycles. The van der Waals surface area contributed by atoms with Gasteiger partial charge in [-0.1, -0.05) is 35.5 Å². The molecule has 0 spiro atoms. The predicted octanol–water partition coefficient (Wildman–Crippen LogP) is 3.73. The van der Waals surface area contributed by atoms with Crippen molar-refractivity contribution in [3.63, 3.8) is 0 Å². The molecule has 4 rings (SSSR count). The molecule has 0 unspecified atom stereocenters. The Kier molecular flexibility index (Phi) is 4.24. The molecule has 2 aromatic heterocycles. The molecule has 3 aromatic rings. The maximum absolute atomic E-state index is 13.0. The zero-order chi connectivity index (χ0) is 18.1. The van der Waals surface area contributed by atoms with Crippen molar-refractivity contribution in [2.24, 2.45) is 0 Å². The van der Waals surface area contributed by atoms with E-state index in [2.05, 4.69) is 15.1 Å². The fraction of sp³-hybridized carbons (Fsp3) is 0.300. The zero-order valence-corrected chi connectivity index (χ0v) is 14.8. The lowest BCUT2D eigenvalue weighted by molar-refractivity contribution is 0.0709. The van der Waals surface area contributed by atoms with Crippen molar-refractivity contribution < 1.29 is 9.32 Å². The Bertz CT molecular complexity index is 936. The number of amides is 1. The first kappa shape index (κ1) is 16.4. The summed E-state index contributed by atoms with van der Waals surface area (Å²) in [5.41, 5.74) is 3.37. The summed E-state index contributed by atoms with van der Waals surface area (Å²) < 4.78 is 5.50. The van der Waals surface area contributed by atoms with Crippen LogP contribution in [0.4, 0.5) is 0 Å². The highest BCUT2D eigenvalue weighted by Crippen LogP contribution is 2.33. The van der Waals surface area contributed by atoms with Crippen molar-refractivity contribution in [3.05, 3.63) is 65.3 Å². The Morgan fingerprint density at radius 3 is 2.81 bits per heavy atom. The molecule has 1 aliphatic heterocycles. The minimum absolute atomic E-state index is 0.0306. The molecule has 26 heavy (non-hydrogen) atoms. The number of rotatable bonds is 3. The molecule has 1 saturated heterocycles. The van der Waals surface area contributed by atoms with Crippen molar-refractivity contribution in [1.29, 1.82) is 0 Å². The summed E-state index contributed by atoms with van der Waals surface area (Å²) in [5, 5.41) is 4.09. The van der Waals surface area contributed by atoms with Crippen molar-refractivity contribution in [1.82, 2.24) is 20.0 Å². The van der Waals surface area contributed by atoms with E-state index in [0.717, 1.165) is 29.7 Å². The highest BCUT2D eigenvalue weighted by molar-refractivity contribution is 5.95. The van der Waals surface area contributed by atoms with Gasteiger partial charge in [-0.05, 0) is 38.3 Å². The molecule has 132 valence electrons. The molecule has 3 heterocycles. The minimum Gasteiger partial charge on any atom is -0.337 e. The monoisotopic (exact) mass is 348 g/mol. The SMILES string of the molecule is Cc1cc(C)c(C(=O)N2CCC[C@H]2c2nc(-c3ccccc3)no2)cn1. The van der Waals surface area contributed by atoms with E-state index in [9.17, 15) is 4.79 Å². The quantitative estimate of drug-likeness (QED) is 0.721. The van der Waals surface area contributed by atoms with Gasteiger partial charge in [0, 0.05) is 24.0 Å². The van der Waals surface area contributed by atoms with Gasteiger partial charge in [-0.25, -0.2) is 0 Å². The molecular formula is C20H20N4O2. The molecule has 0 saturated carbocycles. The lowest BCUT2D eigenvalue weighted by Gasteiger charge is -2.22. The second-order valence-electron chi connectivity index (χ2n) is 6.62. The van der Waals surface area contributed by atoms with Crippen LogP contribution in [0.2, 0.25) is 0 Å². The van der Waals surface area contributed by atoms with Gasteiger partial charge in [0.05, 0.1) is 5.56 Å². The van der Waals surface area contributed by atoms with Crippen LogP contribution in [0.3, 0.4) is 0 Å². The first-order valence-corrected chi connectivity index (χ1v) is 8.77. The Balaban J connectivity index is 1.61. The van der Waals surface area contributed by atoms with Crippen LogP contribution in [-0.4, -0.2) is 32.5 Å². The fourth-order valence-electron chi connectivity index (χ4n) is 3.42. The second-order valence-corrected chi connectivity index (χ2v) is 6.62. The van der Waals surface area contributed by atoms with Gasteiger partial charge < -0.3 is 9.42 Å². The first-order chi connectivity index (χ1) is 12.6. The maximum Gasteiger partial charge on any atom is 0.256 e. The van der Waals surface area contributed by atoms with E-state index in [1.807, 2.05) is 55.1 Å². The number of aromatic nitrogens is 3. The Labute approximate surface area is 151 Å². The minimum atomic E-state index is -0.187. The summed E-state index contributed by atoms with van der Waals surface area (Å²) in [7, 11) is 0. The molecule has 0 radical (unpaired) electrons. The van der Waals surface area contributed by atoms with Gasteiger partial charge >= 0.3 is 0 Å². The van der Waals surface area contributed by atoms with Crippen molar-refractivity contribution in [2.45, 2.75) is 32.7 Å². The number of carbonyl (C=O) groups excluding carboxylic acids is 1. The molecule has 0 aliphatic carbocycles. The lowest BCUT2D eigenvalue weighted by atomic mass is 10.1. The molecule has 0 bridgehead atoms. The van der Waals surface area contributed by atoms with E-state index in [1.165, 1.54) is 0 Å². The molecule has 1 fully saturated rings. The summed E-state index contributed by atoms with van der Waals surface area (Å²) in [6.07, 6.45) is 3.39. The zero-order valence-electron chi connectivity index (χ0n) is 14.8. The number of likely N-dealkylation sites (tertiary alicyclic amines) is 1. The van der Waals surface area contributed by atoms with Crippen LogP contribution in [0.5, 0.6) is 0 Å². The molecule has 1 atom stereocenters. The number of hydrogen-bond acceptors (Lipinski definition) is 5. The normalized spacial score (nSPS) is 16.8. The van der Waals surface area contributed by atoms with E-state index in [1.54, 1.807) is 6.20 Å². The van der Waals surface area contributed by atoms with Gasteiger partial charge in [0.2, 0.25) is 11.7 Å². The molecular weight excluding hydrogens is 328 g/mol. The lowest BCUT2D eigenvalue weighted by Crippen LogP contribution is -2.31. The van der Waals surface area contributed by atoms with Gasteiger partial charge in [0.15, 0.2) is 0 Å². The number of hydrogen-bond donors (Lipinski definition) is 0. The van der Waals surface area contributed by atoms with Gasteiger partial charge in [0.25, 0.3) is 5.91 Å². The summed E-state index contributed by atoms with van der Waals surface area (Å²) in [6, 6.07) is 11.4.